The van der Waals surface area contributed by atoms with Gasteiger partial charge in [-0.15, -0.1) is 0 Å². The lowest BCUT2D eigenvalue weighted by atomic mass is 10.3. The lowest BCUT2D eigenvalue weighted by Gasteiger charge is -2.11. The van der Waals surface area contributed by atoms with Crippen LogP contribution in [0.5, 0.6) is 0 Å². The largest absolute Gasteiger partial charge is 0.548 e. The molecule has 52 valence electrons. The van der Waals surface area contributed by atoms with E-state index in [2.05, 4.69) is 5.73 Å². The molecule has 0 radical (unpaired) electrons. The van der Waals surface area contributed by atoms with Gasteiger partial charge in [0.25, 0.3) is 0 Å². The lowest BCUT2D eigenvalue weighted by molar-refractivity contribution is -0.307. The fraction of sp³-hybridized carbons (Fsp3) is 0.500. The van der Waals surface area contributed by atoms with Gasteiger partial charge in [0, 0.05) is 0 Å². The van der Waals surface area contributed by atoms with E-state index in [0.29, 0.717) is 0 Å². The van der Waals surface area contributed by atoms with Crippen LogP contribution in [-0.4, -0.2) is 18.0 Å². The minimum atomic E-state index is -1.35. The number of aliphatic carboxylic acids is 1. The van der Waals surface area contributed by atoms with E-state index in [1.807, 2.05) is 5.32 Å². The average Bonchev–Trinajstić information content (AvgIpc) is 1.63. The van der Waals surface area contributed by atoms with Crippen molar-refractivity contribution in [1.29, 1.82) is 0 Å². The van der Waals surface area contributed by atoms with Crippen molar-refractivity contribution in [2.45, 2.75) is 13.0 Å². The van der Waals surface area contributed by atoms with Crippen molar-refractivity contribution in [1.82, 2.24) is 5.32 Å². The summed E-state index contributed by atoms with van der Waals surface area (Å²) in [6.45, 7) is 1.26. The highest BCUT2D eigenvalue weighted by atomic mass is 16.4. The minimum absolute atomic E-state index is 0.869. The number of urea groups is 1. The van der Waals surface area contributed by atoms with Crippen molar-refractivity contribution < 1.29 is 14.7 Å². The Kier molecular flexibility index (Phi) is 2.50. The second-order valence-electron chi connectivity index (χ2n) is 1.55. The second-order valence-corrected chi connectivity index (χ2v) is 1.55. The van der Waals surface area contributed by atoms with E-state index >= 15 is 0 Å². The van der Waals surface area contributed by atoms with Crippen LogP contribution in [0.3, 0.4) is 0 Å². The summed E-state index contributed by atoms with van der Waals surface area (Å²) >= 11 is 0. The Morgan fingerprint density at radius 2 is 2.11 bits per heavy atom. The van der Waals surface area contributed by atoms with Crippen LogP contribution in [-0.2, 0) is 4.79 Å². The number of amides is 2. The number of primary amides is 1. The van der Waals surface area contributed by atoms with Gasteiger partial charge in [0.15, 0.2) is 0 Å². The van der Waals surface area contributed by atoms with Gasteiger partial charge in [0.1, 0.15) is 0 Å². The molecule has 0 saturated carbocycles. The predicted octanol–water partition coefficient (Wildman–Crippen LogP) is -2.21. The molecular weight excluding hydrogens is 124 g/mol. The number of rotatable bonds is 2. The second kappa shape index (κ2) is 2.91. The van der Waals surface area contributed by atoms with Crippen LogP contribution in [0.25, 0.3) is 0 Å². The van der Waals surface area contributed by atoms with Crippen LogP contribution < -0.4 is 16.2 Å². The molecule has 9 heavy (non-hydrogen) atoms. The molecule has 0 aliphatic rings. The number of carbonyl (C=O) groups is 2. The van der Waals surface area contributed by atoms with Gasteiger partial charge in [0.05, 0.1) is 12.0 Å². The summed E-state index contributed by atoms with van der Waals surface area (Å²) in [5, 5.41) is 11.8. The number of nitrogens with two attached hydrogens (primary N) is 1. The Morgan fingerprint density at radius 1 is 1.67 bits per heavy atom. The van der Waals surface area contributed by atoms with E-state index in [4.69, 9.17) is 0 Å². The van der Waals surface area contributed by atoms with Crippen LogP contribution in [0.4, 0.5) is 4.79 Å². The number of nitrogens with one attached hydrogen (secondary N) is 1. The molecule has 0 aromatic heterocycles. The highest BCUT2D eigenvalue weighted by molar-refractivity contribution is 5.79. The SMILES string of the molecule is C[C@@H](NC(N)=O)C(=O)[O-]. The molecule has 0 spiro atoms. The number of carbonyl (C=O) groups excluding carboxylic acids is 2. The van der Waals surface area contributed by atoms with Crippen molar-refractivity contribution in [2.75, 3.05) is 0 Å². The van der Waals surface area contributed by atoms with Gasteiger partial charge in [-0.3, -0.25) is 0 Å². The van der Waals surface area contributed by atoms with Crippen LogP contribution in [0.2, 0.25) is 0 Å². The van der Waals surface area contributed by atoms with Gasteiger partial charge in [-0.05, 0) is 6.92 Å². The van der Waals surface area contributed by atoms with Crippen LogP contribution >= 0.6 is 0 Å². The van der Waals surface area contributed by atoms with Crippen LogP contribution in [0, 0.1) is 0 Å². The third-order valence-corrected chi connectivity index (χ3v) is 0.712. The zero-order valence-electron chi connectivity index (χ0n) is 4.88. The molecule has 0 bridgehead atoms. The molecule has 3 N–H and O–H groups in total. The molecule has 0 aromatic rings. The monoisotopic (exact) mass is 131 g/mol. The molecule has 0 unspecified atom stereocenters. The van der Waals surface area contributed by atoms with Gasteiger partial charge < -0.3 is 21.0 Å². The Bertz CT molecular complexity index is 134. The topological polar surface area (TPSA) is 95.2 Å². The quantitative estimate of drug-likeness (QED) is 0.445. The maximum absolute atomic E-state index is 9.93. The van der Waals surface area contributed by atoms with Crippen molar-refractivity contribution in [3.8, 4) is 0 Å². The first-order chi connectivity index (χ1) is 4.04. The highest BCUT2D eigenvalue weighted by Crippen LogP contribution is 1.74. The first-order valence-electron chi connectivity index (χ1n) is 2.31. The number of carboxylic acids is 1. The lowest BCUT2D eigenvalue weighted by Crippen LogP contribution is -2.47. The summed E-state index contributed by atoms with van der Waals surface area (Å²) in [6, 6.07) is -1.89. The van der Waals surface area contributed by atoms with Crippen molar-refractivity contribution >= 4 is 12.0 Å². The molecule has 0 heterocycles. The fourth-order valence-corrected chi connectivity index (χ4v) is 0.272. The van der Waals surface area contributed by atoms with E-state index < -0.39 is 18.0 Å². The molecule has 0 aliphatic carbocycles. The summed E-state index contributed by atoms with van der Waals surface area (Å²) in [6.07, 6.45) is 0. The first kappa shape index (κ1) is 7.74. The standard InChI is InChI=1S/C4H8N2O3/c1-2(3(7)8)6-4(5)9/h2H,1H3,(H,7,8)(H3,5,6,9)/p-1/t2-/m1/s1. The maximum Gasteiger partial charge on any atom is 0.312 e. The summed E-state index contributed by atoms with van der Waals surface area (Å²) in [5.41, 5.74) is 4.59. The number of carboxylic acid groups (broad SMARTS) is 1. The van der Waals surface area contributed by atoms with Crippen molar-refractivity contribution in [3.63, 3.8) is 0 Å². The Labute approximate surface area is 51.8 Å². The van der Waals surface area contributed by atoms with E-state index in [9.17, 15) is 14.7 Å². The normalized spacial score (nSPS) is 12.1. The van der Waals surface area contributed by atoms with Gasteiger partial charge in [-0.2, -0.15) is 0 Å². The summed E-state index contributed by atoms with van der Waals surface area (Å²) in [4.78, 5) is 19.8. The Balaban J connectivity index is 3.63. The summed E-state index contributed by atoms with van der Waals surface area (Å²) in [5.74, 6) is -1.35. The number of hydrogen-bond acceptors (Lipinski definition) is 3. The molecular formula is C4H7N2O3-. The van der Waals surface area contributed by atoms with Gasteiger partial charge >= 0.3 is 6.03 Å². The maximum atomic E-state index is 9.93. The predicted molar refractivity (Wildman–Crippen MR) is 27.2 cm³/mol. The summed E-state index contributed by atoms with van der Waals surface area (Å²) in [7, 11) is 0. The van der Waals surface area contributed by atoms with E-state index in [1.54, 1.807) is 0 Å². The zero-order valence-corrected chi connectivity index (χ0v) is 4.88. The highest BCUT2D eigenvalue weighted by Gasteiger charge is 2.01. The van der Waals surface area contributed by atoms with Crippen molar-refractivity contribution in [2.24, 2.45) is 5.73 Å². The summed E-state index contributed by atoms with van der Waals surface area (Å²) < 4.78 is 0. The molecule has 0 aliphatic heterocycles. The molecule has 0 saturated heterocycles. The van der Waals surface area contributed by atoms with Gasteiger partial charge in [0.2, 0.25) is 0 Å². The average molecular weight is 131 g/mol. The Morgan fingerprint density at radius 3 is 2.22 bits per heavy atom. The Hall–Kier alpha value is -1.26. The third kappa shape index (κ3) is 3.33. The van der Waals surface area contributed by atoms with E-state index in [1.165, 1.54) is 6.92 Å². The zero-order chi connectivity index (χ0) is 7.44. The molecule has 5 heteroatoms. The fourth-order valence-electron chi connectivity index (χ4n) is 0.272. The van der Waals surface area contributed by atoms with E-state index in [0.717, 1.165) is 0 Å². The van der Waals surface area contributed by atoms with E-state index in [-0.39, 0.29) is 0 Å². The minimum Gasteiger partial charge on any atom is -0.548 e. The smallest absolute Gasteiger partial charge is 0.312 e. The molecule has 0 aromatic carbocycles. The third-order valence-electron chi connectivity index (χ3n) is 0.712. The molecule has 5 nitrogen and oxygen atoms in total. The van der Waals surface area contributed by atoms with Crippen molar-refractivity contribution in [3.05, 3.63) is 0 Å². The first-order valence-corrected chi connectivity index (χ1v) is 2.31. The molecule has 0 fully saturated rings. The number of hydrogen-bond donors (Lipinski definition) is 2. The van der Waals surface area contributed by atoms with Crippen LogP contribution in [0.1, 0.15) is 6.92 Å². The van der Waals surface area contributed by atoms with Crippen LogP contribution in [0.15, 0.2) is 0 Å². The molecule has 1 atom stereocenters. The molecule has 0 rings (SSSR count). The van der Waals surface area contributed by atoms with Gasteiger partial charge in [-0.25, -0.2) is 4.79 Å². The van der Waals surface area contributed by atoms with Gasteiger partial charge in [-0.1, -0.05) is 0 Å². The molecule has 2 amide bonds.